The van der Waals surface area contributed by atoms with Gasteiger partial charge in [0.05, 0.1) is 0 Å². The third-order valence-electron chi connectivity index (χ3n) is 12.1. The van der Waals surface area contributed by atoms with Gasteiger partial charge in [0.25, 0.3) is 6.71 Å². The van der Waals surface area contributed by atoms with Crippen molar-refractivity contribution in [3.8, 4) is 11.1 Å². The summed E-state index contributed by atoms with van der Waals surface area (Å²) in [5.74, 6) is 0. The molecule has 0 saturated heterocycles. The van der Waals surface area contributed by atoms with E-state index in [9.17, 15) is 0 Å². The maximum absolute atomic E-state index is 2.61. The highest BCUT2D eigenvalue weighted by Gasteiger charge is 2.44. The quantitative estimate of drug-likeness (QED) is 0.167. The first-order valence-electron chi connectivity index (χ1n) is 20.6. The lowest BCUT2D eigenvalue weighted by Gasteiger charge is -2.45. The van der Waals surface area contributed by atoms with Crippen LogP contribution in [0.4, 0.5) is 34.1 Å². The summed E-state index contributed by atoms with van der Waals surface area (Å²) in [6.45, 7) is 30.2. The van der Waals surface area contributed by atoms with E-state index in [1.807, 2.05) is 0 Å². The van der Waals surface area contributed by atoms with Crippen molar-refractivity contribution in [2.24, 2.45) is 0 Å². The molecule has 2 nitrogen and oxygen atoms in total. The smallest absolute Gasteiger partial charge is 0.252 e. The van der Waals surface area contributed by atoms with Crippen molar-refractivity contribution in [1.29, 1.82) is 0 Å². The predicted molar refractivity (Wildman–Crippen MR) is 245 cm³/mol. The minimum absolute atomic E-state index is 0.00542. The Morgan fingerprint density at radius 1 is 0.375 bits per heavy atom. The summed E-state index contributed by atoms with van der Waals surface area (Å²) < 4.78 is 0. The highest BCUT2D eigenvalue weighted by molar-refractivity contribution is 7.00. The fourth-order valence-electron chi connectivity index (χ4n) is 8.70. The van der Waals surface area contributed by atoms with Gasteiger partial charge in [0, 0.05) is 34.1 Å². The highest BCUT2D eigenvalue weighted by atomic mass is 15.2. The van der Waals surface area contributed by atoms with Gasteiger partial charge in [0.2, 0.25) is 0 Å². The molecule has 8 rings (SSSR count). The summed E-state index contributed by atoms with van der Waals surface area (Å²) in [4.78, 5) is 5.15. The van der Waals surface area contributed by atoms with Crippen LogP contribution in [0.5, 0.6) is 0 Å². The zero-order chi connectivity index (χ0) is 40.1. The van der Waals surface area contributed by atoms with Crippen LogP contribution >= 0.6 is 0 Å². The summed E-state index contributed by atoms with van der Waals surface area (Å²) >= 11 is 0. The molecule has 0 aromatic heterocycles. The molecule has 2 aliphatic rings. The zero-order valence-corrected chi connectivity index (χ0v) is 36.0. The molecule has 284 valence electrons. The van der Waals surface area contributed by atoms with E-state index in [2.05, 4.69) is 221 Å². The molecule has 0 saturated carbocycles. The lowest BCUT2D eigenvalue weighted by molar-refractivity contribution is 0.590. The van der Waals surface area contributed by atoms with Gasteiger partial charge in [-0.15, -0.1) is 0 Å². The zero-order valence-electron chi connectivity index (χ0n) is 36.0. The monoisotopic (exact) mass is 734 g/mol. The van der Waals surface area contributed by atoms with Crippen LogP contribution in [0.25, 0.3) is 11.1 Å². The van der Waals surface area contributed by atoms with Gasteiger partial charge in [0.15, 0.2) is 0 Å². The molecule has 56 heavy (non-hydrogen) atoms. The maximum atomic E-state index is 2.61. The van der Waals surface area contributed by atoms with Crippen molar-refractivity contribution in [2.45, 2.75) is 112 Å². The molecule has 0 N–H and O–H groups in total. The van der Waals surface area contributed by atoms with Gasteiger partial charge >= 0.3 is 0 Å². The molecule has 2 heterocycles. The number of hydrogen-bond donors (Lipinski definition) is 0. The predicted octanol–water partition coefficient (Wildman–Crippen LogP) is 12.9. The van der Waals surface area contributed by atoms with E-state index in [4.69, 9.17) is 0 Å². The van der Waals surface area contributed by atoms with Crippen LogP contribution in [0.15, 0.2) is 121 Å². The average Bonchev–Trinajstić information content (AvgIpc) is 3.13. The van der Waals surface area contributed by atoms with Crippen LogP contribution in [0.1, 0.15) is 111 Å². The molecule has 0 bridgehead atoms. The first-order chi connectivity index (χ1) is 26.2. The molecule has 0 amide bonds. The molecule has 3 heteroatoms. The second kappa shape index (κ2) is 13.0. The Bertz CT molecular complexity index is 2460. The van der Waals surface area contributed by atoms with Gasteiger partial charge in [-0.2, -0.15) is 0 Å². The Hall–Kier alpha value is -5.02. The number of aryl methyl sites for hydroxylation is 1. The minimum Gasteiger partial charge on any atom is -0.311 e. The Morgan fingerprint density at radius 2 is 0.911 bits per heavy atom. The Kier molecular flexibility index (Phi) is 8.81. The lowest BCUT2D eigenvalue weighted by Crippen LogP contribution is -2.61. The fraction of sp³-hybridized carbons (Fsp3) is 0.321. The molecule has 0 fully saturated rings. The van der Waals surface area contributed by atoms with Crippen molar-refractivity contribution in [1.82, 2.24) is 0 Å². The molecular weight excluding hydrogens is 675 g/mol. The standard InChI is InChI=1S/C53H59BN2/c1-34-27-47-49-48(28-34)56(42-30-36(35-17-15-14-16-18-35)29-40(31-42)53(11,12)13)46-33-39(52(8,9)10)21-25-43(46)54(49)44-32-38(51(5,6)7)22-26-45(44)55(47)41-23-19-37(20-24-41)50(2,3)4/h14-33H,1-13H3. The van der Waals surface area contributed by atoms with Gasteiger partial charge in [-0.05, 0) is 132 Å². The number of benzene rings is 6. The largest absolute Gasteiger partial charge is 0.311 e. The van der Waals surface area contributed by atoms with Crippen LogP contribution in [0, 0.1) is 6.92 Å². The van der Waals surface area contributed by atoms with E-state index in [1.165, 1.54) is 89.5 Å². The van der Waals surface area contributed by atoms with Crippen molar-refractivity contribution in [2.75, 3.05) is 9.80 Å². The van der Waals surface area contributed by atoms with Gasteiger partial charge in [-0.25, -0.2) is 0 Å². The number of fused-ring (bicyclic) bond motifs is 4. The van der Waals surface area contributed by atoms with E-state index in [0.717, 1.165) is 0 Å². The van der Waals surface area contributed by atoms with E-state index in [-0.39, 0.29) is 28.4 Å². The van der Waals surface area contributed by atoms with Crippen molar-refractivity contribution in [3.05, 3.63) is 149 Å². The summed E-state index contributed by atoms with van der Waals surface area (Å²) in [7, 11) is 0. The van der Waals surface area contributed by atoms with Crippen LogP contribution in [-0.4, -0.2) is 6.71 Å². The first-order valence-corrected chi connectivity index (χ1v) is 20.6. The summed E-state index contributed by atoms with van der Waals surface area (Å²) in [6.07, 6.45) is 0. The third-order valence-corrected chi connectivity index (χ3v) is 12.1. The van der Waals surface area contributed by atoms with Gasteiger partial charge < -0.3 is 9.80 Å². The molecular formula is C53H59BN2. The van der Waals surface area contributed by atoms with E-state index in [0.29, 0.717) is 0 Å². The second-order valence-corrected chi connectivity index (χ2v) is 20.5. The number of hydrogen-bond acceptors (Lipinski definition) is 2. The molecule has 2 aliphatic heterocycles. The van der Waals surface area contributed by atoms with Gasteiger partial charge in [-0.1, -0.05) is 156 Å². The van der Waals surface area contributed by atoms with Gasteiger partial charge in [0.1, 0.15) is 0 Å². The molecule has 0 radical (unpaired) electrons. The molecule has 6 aromatic carbocycles. The van der Waals surface area contributed by atoms with E-state index >= 15 is 0 Å². The van der Waals surface area contributed by atoms with E-state index < -0.39 is 0 Å². The summed E-state index contributed by atoms with van der Waals surface area (Å²) in [5, 5.41) is 0. The highest BCUT2D eigenvalue weighted by Crippen LogP contribution is 2.47. The molecule has 0 spiro atoms. The van der Waals surface area contributed by atoms with Crippen molar-refractivity contribution < 1.29 is 0 Å². The number of nitrogens with zero attached hydrogens (tertiary/aromatic N) is 2. The second-order valence-electron chi connectivity index (χ2n) is 20.5. The SMILES string of the molecule is Cc1cc2c3c(c1)N(c1cc(-c4ccccc4)cc(C(C)(C)C)c1)c1cc(C(C)(C)C)ccc1B3c1cc(C(C)(C)C)ccc1N2c1ccc(C(C)(C)C)cc1. The normalized spacial score (nSPS) is 14.1. The van der Waals surface area contributed by atoms with Crippen molar-refractivity contribution >= 4 is 57.2 Å². The van der Waals surface area contributed by atoms with E-state index in [1.54, 1.807) is 0 Å². The summed E-state index contributed by atoms with van der Waals surface area (Å²) in [6, 6.07) is 47.0. The van der Waals surface area contributed by atoms with Crippen molar-refractivity contribution in [3.63, 3.8) is 0 Å². The maximum Gasteiger partial charge on any atom is 0.252 e. The number of anilines is 6. The first kappa shape index (κ1) is 37.9. The van der Waals surface area contributed by atoms with Crippen LogP contribution < -0.4 is 26.2 Å². The molecule has 6 aromatic rings. The fourth-order valence-corrected chi connectivity index (χ4v) is 8.70. The Morgan fingerprint density at radius 3 is 1.50 bits per heavy atom. The third kappa shape index (κ3) is 6.57. The topological polar surface area (TPSA) is 6.48 Å². The molecule has 0 atom stereocenters. The molecule has 0 unspecified atom stereocenters. The van der Waals surface area contributed by atoms with Crippen LogP contribution in [0.2, 0.25) is 0 Å². The minimum atomic E-state index is -0.0434. The Labute approximate surface area is 337 Å². The van der Waals surface area contributed by atoms with Crippen LogP contribution in [0.3, 0.4) is 0 Å². The van der Waals surface area contributed by atoms with Gasteiger partial charge in [-0.3, -0.25) is 0 Å². The lowest BCUT2D eigenvalue weighted by atomic mass is 9.33. The Balaban J connectivity index is 1.48. The number of rotatable bonds is 3. The average molecular weight is 735 g/mol. The molecule has 0 aliphatic carbocycles. The summed E-state index contributed by atoms with van der Waals surface area (Å²) in [5.41, 5.74) is 20.6. The van der Waals surface area contributed by atoms with Crippen LogP contribution in [-0.2, 0) is 21.7 Å².